The van der Waals surface area contributed by atoms with Gasteiger partial charge in [-0.15, -0.1) is 0 Å². The number of rotatable bonds is 24. The van der Waals surface area contributed by atoms with Crippen molar-refractivity contribution in [3.05, 3.63) is 94.6 Å². The Balaban J connectivity index is 1.15. The van der Waals surface area contributed by atoms with Crippen LogP contribution in [0, 0.1) is 13.8 Å². The molecule has 1 unspecified atom stereocenters. The molecule has 25 heteroatoms. The number of carbonyl (C=O) groups excluding carboxylic acids is 8. The maximum Gasteiger partial charge on any atom is 0.276 e. The number of ether oxygens (including phenoxy) is 2. The van der Waals surface area contributed by atoms with Gasteiger partial charge < -0.3 is 39.7 Å². The Morgan fingerprint density at radius 3 is 1.88 bits per heavy atom. The van der Waals surface area contributed by atoms with Crippen LogP contribution in [0.5, 0.6) is 11.5 Å². The van der Waals surface area contributed by atoms with Crippen LogP contribution in [-0.4, -0.2) is 148 Å². The van der Waals surface area contributed by atoms with Crippen molar-refractivity contribution in [2.45, 2.75) is 72.8 Å². The van der Waals surface area contributed by atoms with E-state index in [-0.39, 0.29) is 85.8 Å². The molecule has 25 nitrogen and oxygen atoms in total. The summed E-state index contributed by atoms with van der Waals surface area (Å²) in [5.74, 6) is -3.31. The van der Waals surface area contributed by atoms with Crippen molar-refractivity contribution >= 4 is 81.6 Å². The SMILES string of the molecule is CCn1nc(C)cc1C(=O)Nc1nc2cc(C(N)=O)cc(OC)c2n1C/C=C/Cn1c(NC(=O)c2cc(C)nn2CC)nc2cc(C=O)cc(OCCCN(C)C(=O)C(CO)NC(=O)CCN3C(=O)C=CC3=O)c21. The number of amides is 7. The van der Waals surface area contributed by atoms with Crippen LogP contribution in [0.4, 0.5) is 11.9 Å². The van der Waals surface area contributed by atoms with Gasteiger partial charge in [0.05, 0.1) is 42.7 Å². The number of anilines is 2. The van der Waals surface area contributed by atoms with Crippen LogP contribution < -0.4 is 31.2 Å². The number of hydrogen-bond acceptors (Lipinski definition) is 15. The minimum atomic E-state index is -1.30. The van der Waals surface area contributed by atoms with Gasteiger partial charge in [-0.3, -0.25) is 63.3 Å². The molecular weight excluding hydrogens is 961 g/mol. The first-order valence-corrected chi connectivity index (χ1v) is 23.5. The highest BCUT2D eigenvalue weighted by atomic mass is 16.5. The summed E-state index contributed by atoms with van der Waals surface area (Å²) in [6, 6.07) is 8.05. The van der Waals surface area contributed by atoms with Crippen molar-refractivity contribution in [3.63, 3.8) is 0 Å². The third-order valence-corrected chi connectivity index (χ3v) is 11.9. The van der Waals surface area contributed by atoms with Crippen LogP contribution in [0.3, 0.4) is 0 Å². The molecule has 1 aliphatic rings. The molecule has 0 saturated carbocycles. The van der Waals surface area contributed by atoms with Gasteiger partial charge in [-0.25, -0.2) is 9.97 Å². The minimum Gasteiger partial charge on any atom is -0.494 e. The van der Waals surface area contributed by atoms with Gasteiger partial charge in [-0.05, 0) is 70.5 Å². The minimum absolute atomic E-state index is 0.00883. The van der Waals surface area contributed by atoms with Crippen molar-refractivity contribution in [2.75, 3.05) is 51.1 Å². The van der Waals surface area contributed by atoms with Crippen molar-refractivity contribution in [1.82, 2.24) is 53.8 Å². The van der Waals surface area contributed by atoms with Crippen LogP contribution >= 0.6 is 0 Å². The van der Waals surface area contributed by atoms with Gasteiger partial charge in [0.25, 0.3) is 23.6 Å². The summed E-state index contributed by atoms with van der Waals surface area (Å²) in [7, 11) is 2.91. The lowest BCUT2D eigenvalue weighted by molar-refractivity contribution is -0.139. The van der Waals surface area contributed by atoms with E-state index in [0.29, 0.717) is 58.5 Å². The summed E-state index contributed by atoms with van der Waals surface area (Å²) in [5, 5.41) is 27.0. The number of benzene rings is 2. The number of nitrogens with two attached hydrogens (primary N) is 1. The molecule has 1 aliphatic heterocycles. The first kappa shape index (κ1) is 52.8. The third-order valence-electron chi connectivity index (χ3n) is 11.9. The number of nitrogens with one attached hydrogen (secondary N) is 3. The first-order valence-electron chi connectivity index (χ1n) is 23.5. The van der Waals surface area contributed by atoms with E-state index in [1.807, 2.05) is 13.8 Å². The van der Waals surface area contributed by atoms with Crippen LogP contribution in [-0.2, 0) is 45.4 Å². The van der Waals surface area contributed by atoms with E-state index in [1.165, 1.54) is 37.3 Å². The highest BCUT2D eigenvalue weighted by molar-refractivity contribution is 6.13. The summed E-state index contributed by atoms with van der Waals surface area (Å²) in [6.45, 7) is 7.47. The molecule has 0 saturated heterocycles. The lowest BCUT2D eigenvalue weighted by Gasteiger charge is -2.24. The number of carbonyl (C=O) groups is 8. The van der Waals surface area contributed by atoms with Gasteiger partial charge in [0, 0.05) is 76.0 Å². The maximum absolute atomic E-state index is 13.9. The van der Waals surface area contributed by atoms with Crippen molar-refractivity contribution < 1.29 is 52.9 Å². The van der Waals surface area contributed by atoms with E-state index in [1.54, 1.807) is 62.7 Å². The third kappa shape index (κ3) is 11.5. The number of aryl methyl sites for hydroxylation is 4. The molecule has 4 aromatic heterocycles. The summed E-state index contributed by atoms with van der Waals surface area (Å²) < 4.78 is 18.5. The zero-order valence-electron chi connectivity index (χ0n) is 41.6. The number of allylic oxidation sites excluding steroid dienone is 2. The number of aldehydes is 1. The summed E-state index contributed by atoms with van der Waals surface area (Å²) in [6.07, 6.45) is 6.36. The fourth-order valence-corrected chi connectivity index (χ4v) is 8.31. The zero-order chi connectivity index (χ0) is 53.4. The van der Waals surface area contributed by atoms with E-state index >= 15 is 0 Å². The second kappa shape index (κ2) is 23.0. The molecule has 0 fully saturated rings. The van der Waals surface area contributed by atoms with Gasteiger partial charge >= 0.3 is 0 Å². The second-order valence-electron chi connectivity index (χ2n) is 17.0. The Bertz CT molecular complexity index is 3230. The highest BCUT2D eigenvalue weighted by Crippen LogP contribution is 2.33. The number of primary amides is 1. The molecule has 6 aromatic rings. The molecule has 6 N–H and O–H groups in total. The molecule has 0 radical (unpaired) electrons. The monoisotopic (exact) mass is 1020 g/mol. The number of imide groups is 1. The largest absolute Gasteiger partial charge is 0.494 e. The summed E-state index contributed by atoms with van der Waals surface area (Å²) >= 11 is 0. The fraction of sp³-hybridized carbons (Fsp3) is 0.347. The Labute approximate surface area is 422 Å². The average molecular weight is 1020 g/mol. The summed E-state index contributed by atoms with van der Waals surface area (Å²) in [4.78, 5) is 113. The number of fused-ring (bicyclic) bond motifs is 2. The van der Waals surface area contributed by atoms with E-state index in [4.69, 9.17) is 20.2 Å². The Hall–Kier alpha value is -9.00. The average Bonchev–Trinajstić information content (AvgIpc) is 4.21. The van der Waals surface area contributed by atoms with Crippen LogP contribution in [0.2, 0.25) is 0 Å². The number of likely N-dealkylation sites (N-methyl/N-ethyl adjacent to an activating group) is 1. The molecule has 1 atom stereocenters. The molecule has 0 aliphatic carbocycles. The number of imidazole rings is 2. The Morgan fingerprint density at radius 1 is 0.811 bits per heavy atom. The predicted molar refractivity (Wildman–Crippen MR) is 267 cm³/mol. The molecule has 0 bridgehead atoms. The van der Waals surface area contributed by atoms with E-state index in [9.17, 15) is 43.5 Å². The molecule has 74 heavy (non-hydrogen) atoms. The van der Waals surface area contributed by atoms with Crippen molar-refractivity contribution in [3.8, 4) is 11.5 Å². The number of methoxy groups -OCH3 is 1. The molecule has 388 valence electrons. The quantitative estimate of drug-likeness (QED) is 0.0251. The zero-order valence-corrected chi connectivity index (χ0v) is 41.6. The van der Waals surface area contributed by atoms with Gasteiger partial charge in [0.1, 0.15) is 46.2 Å². The molecule has 5 heterocycles. The van der Waals surface area contributed by atoms with E-state index < -0.39 is 54.0 Å². The Morgan fingerprint density at radius 2 is 1.36 bits per heavy atom. The number of aliphatic hydroxyl groups is 1. The van der Waals surface area contributed by atoms with Gasteiger partial charge in [-0.2, -0.15) is 10.2 Å². The maximum atomic E-state index is 13.9. The molecule has 2 aromatic carbocycles. The lowest BCUT2D eigenvalue weighted by atomic mass is 10.1. The normalized spacial score (nSPS) is 12.8. The standard InChI is InChI=1S/C49H56N14O11/c1-7-62-35(20-28(3)56-62)45(70)54-48-52-32-22-30(26-64)23-38(74-19-11-15-58(5)47(72)34(27-65)51-39(66)14-18-59-40(67)12-13-41(59)68)43(32)61(48)17-10-9-16-60-42-33(24-31(44(50)69)25-37(42)73-6)53-49(60)55-46(71)36-21-29(4)57-63(36)8-2/h9-10,12-13,20-26,34,65H,7-8,11,14-19,27H2,1-6H3,(H2,50,69)(H,51,66)(H,52,54,70)(H,53,55,71)/b10-9+. The molecule has 0 spiro atoms. The highest BCUT2D eigenvalue weighted by Gasteiger charge is 2.28. The number of nitrogens with zero attached hydrogens (tertiary/aromatic N) is 10. The number of aliphatic hydroxyl groups excluding tert-OH is 1. The molecule has 7 amide bonds. The van der Waals surface area contributed by atoms with Crippen LogP contribution in [0.25, 0.3) is 22.1 Å². The summed E-state index contributed by atoms with van der Waals surface area (Å²) in [5.41, 5.74) is 9.35. The van der Waals surface area contributed by atoms with Gasteiger partial charge in [0.15, 0.2) is 0 Å². The van der Waals surface area contributed by atoms with Crippen LogP contribution in [0.15, 0.2) is 60.7 Å². The van der Waals surface area contributed by atoms with Crippen LogP contribution in [0.1, 0.15) is 79.8 Å². The number of hydrogen-bond donors (Lipinski definition) is 5. The van der Waals surface area contributed by atoms with Crippen molar-refractivity contribution in [1.29, 1.82) is 0 Å². The first-order chi connectivity index (χ1) is 35.5. The Kier molecular flexibility index (Phi) is 16.4. The van der Waals surface area contributed by atoms with E-state index in [0.717, 1.165) is 17.1 Å². The topological polar surface area (TPSA) is 315 Å². The molecule has 7 rings (SSSR count). The van der Waals surface area contributed by atoms with E-state index in [2.05, 4.69) is 31.1 Å². The molecular formula is C49H56N14O11. The fourth-order valence-electron chi connectivity index (χ4n) is 8.31. The lowest BCUT2D eigenvalue weighted by Crippen LogP contribution is -2.50. The predicted octanol–water partition coefficient (Wildman–Crippen LogP) is 2.14. The smallest absolute Gasteiger partial charge is 0.276 e. The van der Waals surface area contributed by atoms with Gasteiger partial charge in [0.2, 0.25) is 29.6 Å². The van der Waals surface area contributed by atoms with Gasteiger partial charge in [-0.1, -0.05) is 12.2 Å². The second-order valence-corrected chi connectivity index (χ2v) is 17.0. The van der Waals surface area contributed by atoms with Crippen molar-refractivity contribution in [2.24, 2.45) is 5.73 Å². The number of aromatic nitrogens is 8.